The van der Waals surface area contributed by atoms with Gasteiger partial charge in [0.1, 0.15) is 23.4 Å². The van der Waals surface area contributed by atoms with Crippen LogP contribution in [0.5, 0.6) is 0 Å². The summed E-state index contributed by atoms with van der Waals surface area (Å²) in [4.78, 5) is 52.1. The second-order valence-corrected chi connectivity index (χ2v) is 10.8. The van der Waals surface area contributed by atoms with E-state index in [1.807, 2.05) is 36.6 Å². The summed E-state index contributed by atoms with van der Waals surface area (Å²) in [6.07, 6.45) is 3.91. The lowest BCUT2D eigenvalue weighted by Gasteiger charge is -2.25. The van der Waals surface area contributed by atoms with Crippen molar-refractivity contribution in [3.63, 3.8) is 0 Å². The van der Waals surface area contributed by atoms with E-state index in [1.165, 1.54) is 29.6 Å². The summed E-state index contributed by atoms with van der Waals surface area (Å²) in [5.74, 6) is -0.731. The van der Waals surface area contributed by atoms with Crippen LogP contribution in [0.25, 0.3) is 0 Å². The minimum absolute atomic E-state index is 0.0628. The smallest absolute Gasteiger partial charge is 0.274 e. The van der Waals surface area contributed by atoms with E-state index in [2.05, 4.69) is 21.1 Å². The van der Waals surface area contributed by atoms with Gasteiger partial charge >= 0.3 is 0 Å². The number of aromatic nitrogens is 1. The van der Waals surface area contributed by atoms with Crippen LogP contribution in [0.3, 0.4) is 0 Å². The van der Waals surface area contributed by atoms with Crippen LogP contribution in [0.2, 0.25) is 0 Å². The van der Waals surface area contributed by atoms with Crippen molar-refractivity contribution in [2.75, 3.05) is 30.6 Å². The fraction of sp³-hybridized carbons (Fsp3) is 0.480. The van der Waals surface area contributed by atoms with E-state index in [9.17, 15) is 19.2 Å². The third-order valence-electron chi connectivity index (χ3n) is 5.80. The van der Waals surface area contributed by atoms with Crippen LogP contribution in [-0.4, -0.2) is 83.0 Å². The van der Waals surface area contributed by atoms with Gasteiger partial charge < -0.3 is 25.2 Å². The summed E-state index contributed by atoms with van der Waals surface area (Å²) in [5.41, 5.74) is 0.0348. The van der Waals surface area contributed by atoms with Gasteiger partial charge in [0.05, 0.1) is 12.6 Å². The number of hydrogen-bond acceptors (Lipinski definition) is 9. The van der Waals surface area contributed by atoms with Gasteiger partial charge in [0, 0.05) is 17.6 Å². The molecule has 4 atom stereocenters. The first kappa shape index (κ1) is 28.7. The minimum atomic E-state index is -0.919. The molecule has 200 valence electrons. The number of nitrogens with zero attached hydrogens (tertiary/aromatic N) is 1. The first-order valence-electron chi connectivity index (χ1n) is 11.7. The summed E-state index contributed by atoms with van der Waals surface area (Å²) in [7, 11) is 0. The Labute approximate surface area is 224 Å². The molecule has 0 unspecified atom stereocenters. The summed E-state index contributed by atoms with van der Waals surface area (Å²) < 4.78 is 10.3. The topological polar surface area (TPSA) is 143 Å². The Morgan fingerprint density at radius 1 is 0.973 bits per heavy atom. The molecule has 1 aliphatic rings. The van der Waals surface area contributed by atoms with Crippen molar-refractivity contribution < 1.29 is 28.4 Å². The molecule has 2 heterocycles. The Hall–Kier alpha value is -2.83. The number of rotatable bonds is 14. The highest BCUT2D eigenvalue weighted by atomic mass is 32.2. The monoisotopic (exact) mass is 548 g/mol. The van der Waals surface area contributed by atoms with Crippen LogP contribution in [-0.2, 0) is 25.5 Å². The molecule has 37 heavy (non-hydrogen) atoms. The highest BCUT2D eigenvalue weighted by Gasteiger charge is 2.50. The molecule has 0 saturated carbocycles. The summed E-state index contributed by atoms with van der Waals surface area (Å²) in [6, 6.07) is 8.21. The number of Topliss-reactive ketones (excluding diaryl/α,β-unsaturated/α-hetero) is 1. The molecular weight excluding hydrogens is 516 g/mol. The van der Waals surface area contributed by atoms with Crippen molar-refractivity contribution in [1.82, 2.24) is 21.1 Å². The van der Waals surface area contributed by atoms with E-state index >= 15 is 0 Å². The minimum Gasteiger partial charge on any atom is -0.361 e. The molecule has 0 spiro atoms. The van der Waals surface area contributed by atoms with Gasteiger partial charge in [-0.15, -0.1) is 0 Å². The van der Waals surface area contributed by atoms with Gasteiger partial charge in [0.15, 0.2) is 11.5 Å². The lowest BCUT2D eigenvalue weighted by Crippen LogP contribution is -2.58. The predicted octanol–water partition coefficient (Wildman–Crippen LogP) is 1.38. The first-order valence-corrected chi connectivity index (χ1v) is 14.5. The van der Waals surface area contributed by atoms with Crippen molar-refractivity contribution in [2.24, 2.45) is 0 Å². The summed E-state index contributed by atoms with van der Waals surface area (Å²) in [6.45, 7) is 3.67. The molecule has 1 aromatic carbocycles. The van der Waals surface area contributed by atoms with Crippen LogP contribution in [0.1, 0.15) is 28.7 Å². The van der Waals surface area contributed by atoms with Crippen molar-refractivity contribution in [2.45, 2.75) is 44.0 Å². The van der Waals surface area contributed by atoms with Crippen LogP contribution in [0.15, 0.2) is 40.9 Å². The van der Waals surface area contributed by atoms with E-state index in [0.717, 1.165) is 5.56 Å². The summed E-state index contributed by atoms with van der Waals surface area (Å²) in [5, 5.41) is 11.9. The first-order chi connectivity index (χ1) is 17.7. The number of amides is 3. The van der Waals surface area contributed by atoms with Gasteiger partial charge in [-0.1, -0.05) is 35.5 Å². The zero-order valence-corrected chi connectivity index (χ0v) is 22.9. The standard InChI is InChI=1S/C25H32N4O6S2/c1-15-10-18(29-35-15)22(31)27-20(13-37-4)24(33)28-19(12-36-3)23(32)26-17(21(30)25(2)14-34-25)11-16-8-6-5-7-9-16/h5-10,17,19-20H,11-14H2,1-4H3,(H,26,32)(H,27,31)(H,28,33)/t17-,19-,20-,25+/m0/s1. The van der Waals surface area contributed by atoms with E-state index in [0.29, 0.717) is 18.8 Å². The molecule has 1 aromatic heterocycles. The SMILES string of the molecule is CSC[C@H](NC(=O)c1cc(C)on1)C(=O)N[C@@H](CSC)C(=O)N[C@@H](Cc1ccccc1)C(=O)[C@@]1(C)CO1. The number of ether oxygens (including phenoxy) is 1. The maximum atomic E-state index is 13.3. The fourth-order valence-electron chi connectivity index (χ4n) is 3.63. The maximum absolute atomic E-state index is 13.3. The van der Waals surface area contributed by atoms with Gasteiger partial charge in [-0.25, -0.2) is 0 Å². The molecule has 3 N–H and O–H groups in total. The molecule has 0 aliphatic carbocycles. The fourth-order valence-corrected chi connectivity index (χ4v) is 4.76. The highest BCUT2D eigenvalue weighted by molar-refractivity contribution is 7.98. The number of thioether (sulfide) groups is 2. The largest absolute Gasteiger partial charge is 0.361 e. The molecule has 1 aliphatic heterocycles. The van der Waals surface area contributed by atoms with E-state index < -0.39 is 41.4 Å². The molecule has 3 rings (SSSR count). The molecule has 1 saturated heterocycles. The van der Waals surface area contributed by atoms with Crippen molar-refractivity contribution >= 4 is 47.0 Å². The molecule has 1 fully saturated rings. The van der Waals surface area contributed by atoms with Crippen LogP contribution in [0.4, 0.5) is 0 Å². The molecule has 0 radical (unpaired) electrons. The van der Waals surface area contributed by atoms with Crippen LogP contribution in [0, 0.1) is 6.92 Å². The normalized spacial score (nSPS) is 18.8. The van der Waals surface area contributed by atoms with E-state index in [1.54, 1.807) is 20.1 Å². The summed E-state index contributed by atoms with van der Waals surface area (Å²) >= 11 is 2.75. The molecule has 3 amide bonds. The van der Waals surface area contributed by atoms with Gasteiger partial charge in [0.2, 0.25) is 11.8 Å². The lowest BCUT2D eigenvalue weighted by atomic mass is 9.94. The van der Waals surface area contributed by atoms with Gasteiger partial charge in [0.25, 0.3) is 5.91 Å². The predicted molar refractivity (Wildman–Crippen MR) is 143 cm³/mol. The number of carbonyl (C=O) groups excluding carboxylic acids is 4. The van der Waals surface area contributed by atoms with Crippen molar-refractivity contribution in [3.8, 4) is 0 Å². The van der Waals surface area contributed by atoms with Gasteiger partial charge in [-0.2, -0.15) is 23.5 Å². The number of carbonyl (C=O) groups is 4. The van der Waals surface area contributed by atoms with Gasteiger partial charge in [-0.05, 0) is 38.3 Å². The number of benzene rings is 1. The van der Waals surface area contributed by atoms with Crippen LogP contribution >= 0.6 is 23.5 Å². The number of aryl methyl sites for hydroxylation is 1. The zero-order valence-electron chi connectivity index (χ0n) is 21.2. The third kappa shape index (κ3) is 8.08. The quantitative estimate of drug-likeness (QED) is 0.298. The van der Waals surface area contributed by atoms with E-state index in [-0.39, 0.29) is 23.0 Å². The molecule has 0 bridgehead atoms. The second-order valence-electron chi connectivity index (χ2n) is 8.96. The number of hydrogen-bond donors (Lipinski definition) is 3. The maximum Gasteiger partial charge on any atom is 0.274 e. The Kier molecular flexibility index (Phi) is 10.2. The zero-order chi connectivity index (χ0) is 27.0. The molecule has 12 heteroatoms. The third-order valence-corrected chi connectivity index (χ3v) is 7.13. The molecular formula is C25H32N4O6S2. The lowest BCUT2D eigenvalue weighted by molar-refractivity contribution is -0.132. The Morgan fingerprint density at radius 3 is 2.05 bits per heavy atom. The molecule has 10 nitrogen and oxygen atoms in total. The number of epoxide rings is 1. The van der Waals surface area contributed by atoms with E-state index in [4.69, 9.17) is 9.26 Å². The van der Waals surface area contributed by atoms with Crippen molar-refractivity contribution in [3.05, 3.63) is 53.4 Å². The highest BCUT2D eigenvalue weighted by Crippen LogP contribution is 2.29. The Bertz CT molecular complexity index is 1110. The second kappa shape index (κ2) is 13.1. The Balaban J connectivity index is 1.70. The Morgan fingerprint density at radius 2 is 1.54 bits per heavy atom. The number of ketones is 1. The molecule has 2 aromatic rings. The van der Waals surface area contributed by atoms with Gasteiger partial charge in [-0.3, -0.25) is 19.2 Å². The average molecular weight is 549 g/mol. The van der Waals surface area contributed by atoms with Crippen LogP contribution < -0.4 is 16.0 Å². The average Bonchev–Trinajstić information content (AvgIpc) is 3.48. The van der Waals surface area contributed by atoms with Crippen molar-refractivity contribution in [1.29, 1.82) is 0 Å². The number of nitrogens with one attached hydrogen (secondary N) is 3.